The minimum atomic E-state index is -1.71. The summed E-state index contributed by atoms with van der Waals surface area (Å²) in [6.07, 6.45) is 0.878. The lowest BCUT2D eigenvalue weighted by atomic mass is 10.2. The predicted octanol–water partition coefficient (Wildman–Crippen LogP) is 4.66. The zero-order valence-corrected chi connectivity index (χ0v) is 16.4. The first-order valence-electron chi connectivity index (χ1n) is 8.28. The molecule has 0 N–H and O–H groups in total. The standard InChI is InChI=1S/C17H27N3O3Si/c1-13-15-9-8-14(20(21)22)12-16(15)18-19(13)10-7-11-23-24(5,6)17(2,3)4/h8-9,12H,7,10-11H2,1-6H3. The van der Waals surface area contributed by atoms with E-state index in [9.17, 15) is 10.1 Å². The van der Waals surface area contributed by atoms with Crippen molar-refractivity contribution in [3.8, 4) is 0 Å². The van der Waals surface area contributed by atoms with Gasteiger partial charge in [0.1, 0.15) is 0 Å². The third kappa shape index (κ3) is 3.84. The van der Waals surface area contributed by atoms with Crippen LogP contribution in [0.15, 0.2) is 18.2 Å². The average molecular weight is 350 g/mol. The van der Waals surface area contributed by atoms with Crippen LogP contribution in [0.5, 0.6) is 0 Å². The summed E-state index contributed by atoms with van der Waals surface area (Å²) < 4.78 is 8.11. The summed E-state index contributed by atoms with van der Waals surface area (Å²) in [5.74, 6) is 0. The largest absolute Gasteiger partial charge is 0.417 e. The van der Waals surface area contributed by atoms with Gasteiger partial charge in [-0.3, -0.25) is 14.8 Å². The molecule has 24 heavy (non-hydrogen) atoms. The summed E-state index contributed by atoms with van der Waals surface area (Å²) in [5.41, 5.74) is 1.78. The molecular formula is C17H27N3O3Si. The van der Waals surface area contributed by atoms with Gasteiger partial charge in [-0.25, -0.2) is 0 Å². The molecule has 1 heterocycles. The van der Waals surface area contributed by atoms with Crippen LogP contribution in [0.3, 0.4) is 0 Å². The molecule has 132 valence electrons. The number of non-ortho nitro benzene ring substituents is 1. The number of nitro benzene ring substituents is 1. The van der Waals surface area contributed by atoms with Crippen molar-refractivity contribution in [3.63, 3.8) is 0 Å². The number of fused-ring (bicyclic) bond motifs is 1. The Kier molecular flexibility index (Phi) is 5.15. The van der Waals surface area contributed by atoms with Gasteiger partial charge in [0.2, 0.25) is 0 Å². The highest BCUT2D eigenvalue weighted by Crippen LogP contribution is 2.36. The highest BCUT2D eigenvalue weighted by molar-refractivity contribution is 6.74. The number of aromatic nitrogens is 2. The second-order valence-electron chi connectivity index (χ2n) is 7.73. The van der Waals surface area contributed by atoms with Crippen LogP contribution in [0.1, 0.15) is 32.9 Å². The van der Waals surface area contributed by atoms with E-state index in [-0.39, 0.29) is 15.6 Å². The lowest BCUT2D eigenvalue weighted by Crippen LogP contribution is -2.41. The topological polar surface area (TPSA) is 70.2 Å². The fourth-order valence-electron chi connectivity index (χ4n) is 2.34. The summed E-state index contributed by atoms with van der Waals surface area (Å²) in [5, 5.41) is 16.6. The number of nitro groups is 1. The zero-order valence-electron chi connectivity index (χ0n) is 15.4. The normalized spacial score (nSPS) is 12.8. The molecule has 0 spiro atoms. The predicted molar refractivity (Wildman–Crippen MR) is 98.9 cm³/mol. The third-order valence-corrected chi connectivity index (χ3v) is 9.52. The Labute approximate surface area is 144 Å². The number of benzene rings is 1. The van der Waals surface area contributed by atoms with Gasteiger partial charge in [0, 0.05) is 36.4 Å². The minimum Gasteiger partial charge on any atom is -0.417 e. The van der Waals surface area contributed by atoms with Gasteiger partial charge in [0.15, 0.2) is 8.32 Å². The highest BCUT2D eigenvalue weighted by Gasteiger charge is 2.36. The minimum absolute atomic E-state index is 0.0772. The van der Waals surface area contributed by atoms with Crippen molar-refractivity contribution in [1.29, 1.82) is 0 Å². The molecule has 0 radical (unpaired) electrons. The van der Waals surface area contributed by atoms with E-state index in [4.69, 9.17) is 4.43 Å². The maximum atomic E-state index is 10.9. The molecular weight excluding hydrogens is 322 g/mol. The molecule has 7 heteroatoms. The average Bonchev–Trinajstić information content (AvgIpc) is 2.78. The fourth-order valence-corrected chi connectivity index (χ4v) is 3.43. The number of aryl methyl sites for hydroxylation is 2. The van der Waals surface area contributed by atoms with Gasteiger partial charge in [-0.2, -0.15) is 5.10 Å². The van der Waals surface area contributed by atoms with E-state index in [0.717, 1.165) is 24.0 Å². The van der Waals surface area contributed by atoms with Crippen LogP contribution < -0.4 is 0 Å². The molecule has 0 aliphatic rings. The molecule has 1 aromatic carbocycles. The van der Waals surface area contributed by atoms with Crippen molar-refractivity contribution < 1.29 is 9.35 Å². The van der Waals surface area contributed by atoms with E-state index >= 15 is 0 Å². The van der Waals surface area contributed by atoms with Crippen LogP contribution in [-0.4, -0.2) is 29.6 Å². The molecule has 2 rings (SSSR count). The highest BCUT2D eigenvalue weighted by atomic mass is 28.4. The monoisotopic (exact) mass is 349 g/mol. The summed E-state index contributed by atoms with van der Waals surface area (Å²) in [6.45, 7) is 14.7. The van der Waals surface area contributed by atoms with Crippen LogP contribution in [0, 0.1) is 17.0 Å². The molecule has 0 saturated carbocycles. The van der Waals surface area contributed by atoms with Crippen LogP contribution in [0.4, 0.5) is 5.69 Å². The fraction of sp³-hybridized carbons (Fsp3) is 0.588. The van der Waals surface area contributed by atoms with Gasteiger partial charge in [-0.1, -0.05) is 20.8 Å². The maximum Gasteiger partial charge on any atom is 0.271 e. The van der Waals surface area contributed by atoms with Gasteiger partial charge in [-0.15, -0.1) is 0 Å². The molecule has 2 aromatic rings. The lowest BCUT2D eigenvalue weighted by Gasteiger charge is -2.36. The van der Waals surface area contributed by atoms with E-state index in [1.165, 1.54) is 12.1 Å². The van der Waals surface area contributed by atoms with Crippen LogP contribution in [0.25, 0.3) is 10.9 Å². The first-order chi connectivity index (χ1) is 11.0. The van der Waals surface area contributed by atoms with E-state index in [1.54, 1.807) is 6.07 Å². The summed E-state index contributed by atoms with van der Waals surface area (Å²) in [7, 11) is -1.71. The second-order valence-corrected chi connectivity index (χ2v) is 12.5. The second kappa shape index (κ2) is 6.64. The third-order valence-electron chi connectivity index (χ3n) is 4.98. The Morgan fingerprint density at radius 2 is 2.00 bits per heavy atom. The first kappa shape index (κ1) is 18.6. The number of nitrogens with zero attached hydrogens (tertiary/aromatic N) is 3. The Morgan fingerprint density at radius 3 is 2.58 bits per heavy atom. The smallest absolute Gasteiger partial charge is 0.271 e. The van der Waals surface area contributed by atoms with Gasteiger partial charge in [0.05, 0.1) is 10.4 Å². The van der Waals surface area contributed by atoms with Crippen LogP contribution in [0.2, 0.25) is 18.1 Å². The Morgan fingerprint density at radius 1 is 1.33 bits per heavy atom. The Balaban J connectivity index is 2.03. The van der Waals surface area contributed by atoms with Gasteiger partial charge in [-0.05, 0) is 37.5 Å². The molecule has 0 saturated heterocycles. The number of hydrogen-bond donors (Lipinski definition) is 0. The molecule has 0 aliphatic heterocycles. The molecule has 1 aromatic heterocycles. The van der Waals surface area contributed by atoms with Crippen molar-refractivity contribution >= 4 is 24.9 Å². The van der Waals surface area contributed by atoms with Crippen LogP contribution in [-0.2, 0) is 11.0 Å². The van der Waals surface area contributed by atoms with Gasteiger partial charge in [0.25, 0.3) is 5.69 Å². The molecule has 0 amide bonds. The molecule has 0 bridgehead atoms. The molecule has 6 nitrogen and oxygen atoms in total. The number of rotatable bonds is 6. The van der Waals surface area contributed by atoms with E-state index < -0.39 is 8.32 Å². The van der Waals surface area contributed by atoms with Gasteiger partial charge >= 0.3 is 0 Å². The lowest BCUT2D eigenvalue weighted by molar-refractivity contribution is -0.384. The molecule has 0 aliphatic carbocycles. The van der Waals surface area contributed by atoms with Crippen LogP contribution >= 0.6 is 0 Å². The van der Waals surface area contributed by atoms with Crippen molar-refractivity contribution in [2.75, 3.05) is 6.61 Å². The SMILES string of the molecule is Cc1c2ccc([N+](=O)[O-])cc2nn1CCCO[Si](C)(C)C(C)(C)C. The zero-order chi connectivity index (χ0) is 18.1. The summed E-state index contributed by atoms with van der Waals surface area (Å²) in [6, 6.07) is 4.84. The summed E-state index contributed by atoms with van der Waals surface area (Å²) >= 11 is 0. The Bertz CT molecular complexity index is 747. The van der Waals surface area contributed by atoms with E-state index in [2.05, 4.69) is 39.0 Å². The molecule has 0 fully saturated rings. The Hall–Kier alpha value is -1.73. The van der Waals surface area contributed by atoms with Crippen molar-refractivity contribution in [2.24, 2.45) is 0 Å². The molecule has 0 unspecified atom stereocenters. The quantitative estimate of drug-likeness (QED) is 0.329. The summed E-state index contributed by atoms with van der Waals surface area (Å²) in [4.78, 5) is 10.5. The molecule has 0 atom stereocenters. The van der Waals surface area contributed by atoms with Crippen molar-refractivity contribution in [1.82, 2.24) is 9.78 Å². The number of hydrogen-bond acceptors (Lipinski definition) is 4. The van der Waals surface area contributed by atoms with E-state index in [1.807, 2.05) is 11.6 Å². The van der Waals surface area contributed by atoms with Crippen molar-refractivity contribution in [3.05, 3.63) is 34.0 Å². The van der Waals surface area contributed by atoms with Gasteiger partial charge < -0.3 is 4.43 Å². The first-order valence-corrected chi connectivity index (χ1v) is 11.2. The van der Waals surface area contributed by atoms with Crippen molar-refractivity contribution in [2.45, 2.75) is 58.8 Å². The maximum absolute atomic E-state index is 10.9. The van der Waals surface area contributed by atoms with E-state index in [0.29, 0.717) is 12.1 Å².